The third-order valence-corrected chi connectivity index (χ3v) is 5.62. The number of nitrogens with one attached hydrogen (secondary N) is 1. The van der Waals surface area contributed by atoms with Crippen molar-refractivity contribution in [3.63, 3.8) is 0 Å². The average Bonchev–Trinajstić information content (AvgIpc) is 2.97. The van der Waals surface area contributed by atoms with Gasteiger partial charge in [0, 0.05) is 5.69 Å². The molecule has 0 bridgehead atoms. The second-order valence-corrected chi connectivity index (χ2v) is 7.91. The SMILES string of the molecule is Cc1ccc(C)c(NC2=C(c3ccc(F)cc3)C(=O)N(c3ccc(C)c(C)c3)C2=O)c1. The van der Waals surface area contributed by atoms with Crippen LogP contribution in [-0.4, -0.2) is 11.8 Å². The number of amides is 2. The molecule has 0 saturated heterocycles. The Hall–Kier alpha value is -3.73. The molecule has 3 aromatic carbocycles. The van der Waals surface area contributed by atoms with Crippen molar-refractivity contribution < 1.29 is 14.0 Å². The van der Waals surface area contributed by atoms with E-state index in [0.29, 0.717) is 11.3 Å². The van der Waals surface area contributed by atoms with E-state index in [-0.39, 0.29) is 11.3 Å². The molecule has 0 fully saturated rings. The Kier molecular flexibility index (Phi) is 5.19. The van der Waals surface area contributed by atoms with E-state index in [2.05, 4.69) is 5.32 Å². The first-order valence-electron chi connectivity index (χ1n) is 10.1. The van der Waals surface area contributed by atoms with E-state index in [0.717, 1.165) is 27.9 Å². The average molecular weight is 414 g/mol. The molecule has 0 saturated carbocycles. The minimum absolute atomic E-state index is 0.184. The fraction of sp³-hybridized carbons (Fsp3) is 0.154. The summed E-state index contributed by atoms with van der Waals surface area (Å²) in [4.78, 5) is 28.1. The highest BCUT2D eigenvalue weighted by Gasteiger charge is 2.40. The van der Waals surface area contributed by atoms with Gasteiger partial charge in [0.05, 0.1) is 11.3 Å². The third kappa shape index (κ3) is 3.75. The number of halogens is 1. The molecule has 0 spiro atoms. The lowest BCUT2D eigenvalue weighted by Crippen LogP contribution is -2.32. The monoisotopic (exact) mass is 414 g/mol. The van der Waals surface area contributed by atoms with Crippen LogP contribution < -0.4 is 10.2 Å². The van der Waals surface area contributed by atoms with Crippen LogP contribution in [0.25, 0.3) is 5.57 Å². The lowest BCUT2D eigenvalue weighted by Gasteiger charge is -2.17. The Labute approximate surface area is 181 Å². The van der Waals surface area contributed by atoms with Gasteiger partial charge in [-0.1, -0.05) is 30.3 Å². The predicted octanol–water partition coefficient (Wildman–Crippen LogP) is 5.46. The smallest absolute Gasteiger partial charge is 0.282 e. The minimum Gasteiger partial charge on any atom is -0.350 e. The van der Waals surface area contributed by atoms with Crippen LogP contribution in [0.1, 0.15) is 27.8 Å². The zero-order valence-electron chi connectivity index (χ0n) is 17.9. The number of benzene rings is 3. The number of aryl methyl sites for hydroxylation is 4. The molecular formula is C26H23FN2O2. The molecule has 1 aliphatic rings. The lowest BCUT2D eigenvalue weighted by molar-refractivity contribution is -0.120. The first-order chi connectivity index (χ1) is 14.8. The van der Waals surface area contributed by atoms with Crippen LogP contribution >= 0.6 is 0 Å². The van der Waals surface area contributed by atoms with Gasteiger partial charge in [-0.3, -0.25) is 9.59 Å². The molecule has 156 valence electrons. The van der Waals surface area contributed by atoms with E-state index >= 15 is 0 Å². The van der Waals surface area contributed by atoms with Gasteiger partial charge in [-0.15, -0.1) is 0 Å². The highest BCUT2D eigenvalue weighted by atomic mass is 19.1. The summed E-state index contributed by atoms with van der Waals surface area (Å²) in [5, 5.41) is 3.19. The highest BCUT2D eigenvalue weighted by molar-refractivity contribution is 6.46. The molecule has 0 aromatic heterocycles. The van der Waals surface area contributed by atoms with Crippen molar-refractivity contribution in [1.29, 1.82) is 0 Å². The zero-order valence-corrected chi connectivity index (χ0v) is 17.9. The van der Waals surface area contributed by atoms with E-state index in [1.54, 1.807) is 6.07 Å². The molecule has 3 aromatic rings. The standard InChI is InChI=1S/C26H23FN2O2/c1-15-5-6-17(3)22(13-15)28-24-23(19-8-10-20(27)11-9-19)25(30)29(26(24)31)21-12-7-16(2)18(4)14-21/h5-14,28H,1-4H3. The molecule has 0 aliphatic carbocycles. The molecule has 4 nitrogen and oxygen atoms in total. The molecular weight excluding hydrogens is 391 g/mol. The summed E-state index contributed by atoms with van der Waals surface area (Å²) >= 11 is 0. The van der Waals surface area contributed by atoms with Gasteiger partial charge in [-0.05, 0) is 85.8 Å². The van der Waals surface area contributed by atoms with Crippen LogP contribution in [0.2, 0.25) is 0 Å². The van der Waals surface area contributed by atoms with Crippen LogP contribution in [0.15, 0.2) is 66.4 Å². The Balaban J connectivity index is 1.85. The number of carbonyl (C=O) groups is 2. The number of hydrogen-bond acceptors (Lipinski definition) is 3. The molecule has 4 rings (SSSR count). The van der Waals surface area contributed by atoms with Crippen LogP contribution in [-0.2, 0) is 9.59 Å². The number of hydrogen-bond donors (Lipinski definition) is 1. The Morgan fingerprint density at radius 1 is 0.742 bits per heavy atom. The van der Waals surface area contributed by atoms with Gasteiger partial charge >= 0.3 is 0 Å². The van der Waals surface area contributed by atoms with E-state index in [1.807, 2.05) is 58.0 Å². The zero-order chi connectivity index (χ0) is 22.3. The van der Waals surface area contributed by atoms with Gasteiger partial charge in [0.25, 0.3) is 11.8 Å². The summed E-state index contributed by atoms with van der Waals surface area (Å²) in [6, 6.07) is 17.0. The molecule has 1 aliphatic heterocycles. The maximum atomic E-state index is 13.5. The molecule has 1 heterocycles. The second-order valence-electron chi connectivity index (χ2n) is 7.91. The van der Waals surface area contributed by atoms with E-state index in [4.69, 9.17) is 0 Å². The minimum atomic E-state index is -0.437. The normalized spacial score (nSPS) is 13.9. The van der Waals surface area contributed by atoms with Gasteiger partial charge in [-0.25, -0.2) is 9.29 Å². The number of anilines is 2. The van der Waals surface area contributed by atoms with Crippen LogP contribution in [0, 0.1) is 33.5 Å². The van der Waals surface area contributed by atoms with Gasteiger partial charge in [0.1, 0.15) is 11.5 Å². The second kappa shape index (κ2) is 7.84. The van der Waals surface area contributed by atoms with Crippen LogP contribution in [0.5, 0.6) is 0 Å². The van der Waals surface area contributed by atoms with Gasteiger partial charge in [0.15, 0.2) is 0 Å². The molecule has 31 heavy (non-hydrogen) atoms. The molecule has 1 N–H and O–H groups in total. The van der Waals surface area contributed by atoms with Gasteiger partial charge < -0.3 is 5.32 Å². The molecule has 0 unspecified atom stereocenters. The molecule has 2 amide bonds. The molecule has 0 radical (unpaired) electrons. The summed E-state index contributed by atoms with van der Waals surface area (Å²) in [6.45, 7) is 7.81. The van der Waals surface area contributed by atoms with Crippen molar-refractivity contribution in [2.75, 3.05) is 10.2 Å². The van der Waals surface area contributed by atoms with Crippen molar-refractivity contribution in [3.05, 3.63) is 100.0 Å². The Morgan fingerprint density at radius 2 is 1.42 bits per heavy atom. The first-order valence-corrected chi connectivity index (χ1v) is 10.1. The van der Waals surface area contributed by atoms with Crippen LogP contribution in [0.3, 0.4) is 0 Å². The summed E-state index contributed by atoms with van der Waals surface area (Å²) in [6.07, 6.45) is 0. The maximum absolute atomic E-state index is 13.5. The quantitative estimate of drug-likeness (QED) is 0.577. The molecule has 5 heteroatoms. The summed E-state index contributed by atoms with van der Waals surface area (Å²) in [5.41, 5.74) is 6.18. The number of carbonyl (C=O) groups excluding carboxylic acids is 2. The summed E-state index contributed by atoms with van der Waals surface area (Å²) in [7, 11) is 0. The van der Waals surface area contributed by atoms with E-state index in [1.165, 1.54) is 29.2 Å². The van der Waals surface area contributed by atoms with Crippen molar-refractivity contribution in [1.82, 2.24) is 0 Å². The van der Waals surface area contributed by atoms with Gasteiger partial charge in [-0.2, -0.15) is 0 Å². The number of rotatable bonds is 4. The third-order valence-electron chi connectivity index (χ3n) is 5.62. The topological polar surface area (TPSA) is 49.4 Å². The Morgan fingerprint density at radius 3 is 2.10 bits per heavy atom. The van der Waals surface area contributed by atoms with Crippen LogP contribution in [0.4, 0.5) is 15.8 Å². The number of imide groups is 1. The highest BCUT2D eigenvalue weighted by Crippen LogP contribution is 2.35. The predicted molar refractivity (Wildman–Crippen MR) is 121 cm³/mol. The lowest BCUT2D eigenvalue weighted by atomic mass is 10.0. The van der Waals surface area contributed by atoms with Crippen molar-refractivity contribution in [3.8, 4) is 0 Å². The van der Waals surface area contributed by atoms with Crippen molar-refractivity contribution in [2.24, 2.45) is 0 Å². The van der Waals surface area contributed by atoms with E-state index < -0.39 is 17.6 Å². The van der Waals surface area contributed by atoms with Crippen molar-refractivity contribution in [2.45, 2.75) is 27.7 Å². The maximum Gasteiger partial charge on any atom is 0.282 e. The largest absolute Gasteiger partial charge is 0.350 e. The molecule has 0 atom stereocenters. The number of nitrogens with zero attached hydrogens (tertiary/aromatic N) is 1. The first kappa shape index (κ1) is 20.5. The fourth-order valence-corrected chi connectivity index (χ4v) is 3.63. The summed E-state index contributed by atoms with van der Waals surface area (Å²) < 4.78 is 13.5. The fourth-order valence-electron chi connectivity index (χ4n) is 3.63. The van der Waals surface area contributed by atoms with Crippen molar-refractivity contribution >= 4 is 28.8 Å². The Bertz CT molecular complexity index is 1240. The summed E-state index contributed by atoms with van der Waals surface area (Å²) in [5.74, 6) is -1.28. The van der Waals surface area contributed by atoms with Gasteiger partial charge in [0.2, 0.25) is 0 Å². The van der Waals surface area contributed by atoms with E-state index in [9.17, 15) is 14.0 Å².